The average molecular weight is 180 g/mol. The molecule has 0 nitrogen and oxygen atoms in total. The second kappa shape index (κ2) is 8.10. The van der Waals surface area contributed by atoms with Gasteiger partial charge in [0.05, 0.1) is 0 Å². The van der Waals surface area contributed by atoms with Gasteiger partial charge in [-0.05, 0) is 38.5 Å². The summed E-state index contributed by atoms with van der Waals surface area (Å²) in [6.45, 7) is 8.78. The van der Waals surface area contributed by atoms with E-state index in [0.717, 1.165) is 11.8 Å². The molecule has 2 unspecified atom stereocenters. The first-order chi connectivity index (χ1) is 6.20. The third-order valence-corrected chi connectivity index (χ3v) is 2.36. The Labute approximate surface area is 83.7 Å². The molecule has 0 rings (SSSR count). The minimum absolute atomic E-state index is 0.753. The summed E-state index contributed by atoms with van der Waals surface area (Å²) < 4.78 is 0. The molecular weight excluding hydrogens is 156 g/mol. The van der Waals surface area contributed by atoms with Gasteiger partial charge in [0.1, 0.15) is 0 Å². The van der Waals surface area contributed by atoms with E-state index in [2.05, 4.69) is 52.0 Å². The molecule has 0 spiro atoms. The van der Waals surface area contributed by atoms with Gasteiger partial charge in [-0.2, -0.15) is 0 Å². The molecule has 0 saturated heterocycles. The average Bonchev–Trinajstić information content (AvgIpc) is 2.05. The monoisotopic (exact) mass is 180 g/mol. The SMILES string of the molecule is CC=CC(C)CCCC(C)C=CC. The Morgan fingerprint density at radius 3 is 1.54 bits per heavy atom. The van der Waals surface area contributed by atoms with E-state index in [1.54, 1.807) is 0 Å². The molecule has 0 aromatic heterocycles. The standard InChI is InChI=1S/C13H24/c1-5-8-12(3)10-7-11-13(4)9-6-2/h5-6,8-9,12-13H,7,10-11H2,1-4H3. The van der Waals surface area contributed by atoms with E-state index >= 15 is 0 Å². The van der Waals surface area contributed by atoms with Gasteiger partial charge in [-0.25, -0.2) is 0 Å². The van der Waals surface area contributed by atoms with Gasteiger partial charge in [0.15, 0.2) is 0 Å². The third kappa shape index (κ3) is 7.83. The zero-order chi connectivity index (χ0) is 10.1. The van der Waals surface area contributed by atoms with E-state index in [-0.39, 0.29) is 0 Å². The summed E-state index contributed by atoms with van der Waals surface area (Å²) in [4.78, 5) is 0. The fourth-order valence-electron chi connectivity index (χ4n) is 1.61. The smallest absolute Gasteiger partial charge is 0.0262 e. The first-order valence-electron chi connectivity index (χ1n) is 5.46. The fourth-order valence-corrected chi connectivity index (χ4v) is 1.61. The van der Waals surface area contributed by atoms with Crippen LogP contribution in [-0.4, -0.2) is 0 Å². The van der Waals surface area contributed by atoms with Gasteiger partial charge >= 0.3 is 0 Å². The third-order valence-electron chi connectivity index (χ3n) is 2.36. The first-order valence-corrected chi connectivity index (χ1v) is 5.46. The summed E-state index contributed by atoms with van der Waals surface area (Å²) in [6.07, 6.45) is 12.9. The Kier molecular flexibility index (Phi) is 7.77. The maximum absolute atomic E-state index is 2.29. The van der Waals surface area contributed by atoms with Crippen molar-refractivity contribution in [2.45, 2.75) is 47.0 Å². The molecule has 0 saturated carbocycles. The largest absolute Gasteiger partial charge is 0.0914 e. The van der Waals surface area contributed by atoms with Crippen molar-refractivity contribution in [2.75, 3.05) is 0 Å². The van der Waals surface area contributed by atoms with Gasteiger partial charge in [0.2, 0.25) is 0 Å². The highest BCUT2D eigenvalue weighted by molar-refractivity contribution is 4.85. The maximum Gasteiger partial charge on any atom is -0.0262 e. The zero-order valence-corrected chi connectivity index (χ0v) is 9.59. The Balaban J connectivity index is 3.44. The fraction of sp³-hybridized carbons (Fsp3) is 0.692. The van der Waals surface area contributed by atoms with Gasteiger partial charge in [-0.15, -0.1) is 0 Å². The number of hydrogen-bond donors (Lipinski definition) is 0. The van der Waals surface area contributed by atoms with Crippen LogP contribution in [0.2, 0.25) is 0 Å². The quantitative estimate of drug-likeness (QED) is 0.525. The summed E-state index contributed by atoms with van der Waals surface area (Å²) in [5, 5.41) is 0. The van der Waals surface area contributed by atoms with Crippen molar-refractivity contribution in [1.29, 1.82) is 0 Å². The highest BCUT2D eigenvalue weighted by Crippen LogP contribution is 2.14. The van der Waals surface area contributed by atoms with Crippen LogP contribution in [0.5, 0.6) is 0 Å². The van der Waals surface area contributed by atoms with Crippen LogP contribution >= 0.6 is 0 Å². The van der Waals surface area contributed by atoms with Crippen LogP contribution in [0.25, 0.3) is 0 Å². The molecule has 0 aromatic rings. The molecule has 2 atom stereocenters. The normalized spacial score (nSPS) is 16.9. The van der Waals surface area contributed by atoms with Crippen LogP contribution in [0, 0.1) is 11.8 Å². The van der Waals surface area contributed by atoms with Gasteiger partial charge in [0.25, 0.3) is 0 Å². The highest BCUT2D eigenvalue weighted by Gasteiger charge is 1.99. The van der Waals surface area contributed by atoms with Gasteiger partial charge < -0.3 is 0 Å². The predicted octanol–water partition coefficient (Wildman–Crippen LogP) is 4.58. The first kappa shape index (κ1) is 12.5. The van der Waals surface area contributed by atoms with Crippen LogP contribution in [0.1, 0.15) is 47.0 Å². The van der Waals surface area contributed by atoms with Crippen molar-refractivity contribution in [3.05, 3.63) is 24.3 Å². The van der Waals surface area contributed by atoms with Crippen molar-refractivity contribution >= 4 is 0 Å². The van der Waals surface area contributed by atoms with E-state index in [0.29, 0.717) is 0 Å². The molecule has 0 amide bonds. The van der Waals surface area contributed by atoms with Gasteiger partial charge in [-0.1, -0.05) is 44.6 Å². The summed E-state index contributed by atoms with van der Waals surface area (Å²) in [5.74, 6) is 1.51. The Bertz CT molecular complexity index is 135. The van der Waals surface area contributed by atoms with Crippen molar-refractivity contribution in [1.82, 2.24) is 0 Å². The molecule has 76 valence electrons. The Hall–Kier alpha value is -0.520. The van der Waals surface area contributed by atoms with Crippen LogP contribution in [0.4, 0.5) is 0 Å². The van der Waals surface area contributed by atoms with Crippen molar-refractivity contribution in [3.8, 4) is 0 Å². The molecule has 0 aliphatic rings. The molecule has 0 heteroatoms. The minimum atomic E-state index is 0.753. The van der Waals surface area contributed by atoms with Gasteiger partial charge in [-0.3, -0.25) is 0 Å². The van der Waals surface area contributed by atoms with Gasteiger partial charge in [0, 0.05) is 0 Å². The van der Waals surface area contributed by atoms with Crippen LogP contribution in [-0.2, 0) is 0 Å². The number of rotatable bonds is 6. The van der Waals surface area contributed by atoms with E-state index < -0.39 is 0 Å². The summed E-state index contributed by atoms with van der Waals surface area (Å²) in [6, 6.07) is 0. The lowest BCUT2D eigenvalue weighted by molar-refractivity contribution is 0.529. The molecule has 0 aliphatic heterocycles. The lowest BCUT2D eigenvalue weighted by Gasteiger charge is -2.08. The summed E-state index contributed by atoms with van der Waals surface area (Å²) in [5.41, 5.74) is 0. The summed E-state index contributed by atoms with van der Waals surface area (Å²) >= 11 is 0. The molecule has 0 aliphatic carbocycles. The van der Waals surface area contributed by atoms with Crippen LogP contribution in [0.3, 0.4) is 0 Å². The van der Waals surface area contributed by atoms with Crippen molar-refractivity contribution in [2.24, 2.45) is 11.8 Å². The topological polar surface area (TPSA) is 0 Å². The lowest BCUT2D eigenvalue weighted by atomic mass is 9.98. The maximum atomic E-state index is 2.29. The number of allylic oxidation sites excluding steroid dienone is 4. The van der Waals surface area contributed by atoms with E-state index in [1.165, 1.54) is 19.3 Å². The van der Waals surface area contributed by atoms with E-state index in [9.17, 15) is 0 Å². The molecule has 0 heterocycles. The second-order valence-corrected chi connectivity index (χ2v) is 3.94. The molecule has 0 radical (unpaired) electrons. The molecular formula is C13H24. The predicted molar refractivity (Wildman–Crippen MR) is 61.8 cm³/mol. The van der Waals surface area contributed by atoms with Crippen LogP contribution < -0.4 is 0 Å². The lowest BCUT2D eigenvalue weighted by Crippen LogP contribution is -1.93. The highest BCUT2D eigenvalue weighted by atomic mass is 14.1. The number of hydrogen-bond acceptors (Lipinski definition) is 0. The molecule has 13 heavy (non-hydrogen) atoms. The molecule has 0 bridgehead atoms. The molecule has 0 N–H and O–H groups in total. The molecule has 0 aromatic carbocycles. The zero-order valence-electron chi connectivity index (χ0n) is 9.59. The minimum Gasteiger partial charge on any atom is -0.0914 e. The Morgan fingerprint density at radius 2 is 1.23 bits per heavy atom. The van der Waals surface area contributed by atoms with Crippen LogP contribution in [0.15, 0.2) is 24.3 Å². The van der Waals surface area contributed by atoms with Crippen molar-refractivity contribution < 1.29 is 0 Å². The molecule has 0 fully saturated rings. The second-order valence-electron chi connectivity index (χ2n) is 3.94. The van der Waals surface area contributed by atoms with E-state index in [4.69, 9.17) is 0 Å². The summed E-state index contributed by atoms with van der Waals surface area (Å²) in [7, 11) is 0. The van der Waals surface area contributed by atoms with Crippen molar-refractivity contribution in [3.63, 3.8) is 0 Å². The van der Waals surface area contributed by atoms with E-state index in [1.807, 2.05) is 0 Å². The Morgan fingerprint density at radius 1 is 0.846 bits per heavy atom.